The third-order valence-corrected chi connectivity index (χ3v) is 4.05. The Balaban J connectivity index is 2.85. The maximum Gasteiger partial charge on any atom is 0.343 e. The molecule has 0 bridgehead atoms. The summed E-state index contributed by atoms with van der Waals surface area (Å²) in [5, 5.41) is 3.67. The molecule has 0 spiro atoms. The fourth-order valence-corrected chi connectivity index (χ4v) is 2.80. The van der Waals surface area contributed by atoms with Gasteiger partial charge >= 0.3 is 5.97 Å². The molecule has 0 saturated carbocycles. The van der Waals surface area contributed by atoms with E-state index in [1.165, 1.54) is 13.5 Å². The fourth-order valence-electron chi connectivity index (χ4n) is 1.81. The van der Waals surface area contributed by atoms with Gasteiger partial charge in [0.15, 0.2) is 0 Å². The molecule has 0 aliphatic carbocycles. The summed E-state index contributed by atoms with van der Waals surface area (Å²) >= 11 is 1.09. The van der Waals surface area contributed by atoms with Crippen LogP contribution in [0.3, 0.4) is 0 Å². The Labute approximate surface area is 122 Å². The number of hydrogen-bond acceptors (Lipinski definition) is 6. The number of amides is 1. The quantitative estimate of drug-likeness (QED) is 0.504. The summed E-state index contributed by atoms with van der Waals surface area (Å²) in [5.74, 6) is -1.21. The van der Waals surface area contributed by atoms with Crippen molar-refractivity contribution in [3.63, 3.8) is 0 Å². The molecule has 0 aliphatic rings. The minimum absolute atomic E-state index is 0.0883. The number of primary amides is 1. The highest BCUT2D eigenvalue weighted by molar-refractivity contribution is 7.19. The molecular weight excluding hydrogens is 278 g/mol. The molecule has 6 nitrogen and oxygen atoms in total. The number of ether oxygens (including phenoxy) is 1. The molecule has 0 aliphatic heterocycles. The molecule has 5 N–H and O–H groups in total. The molecule has 0 fully saturated rings. The van der Waals surface area contributed by atoms with Crippen LogP contribution in [0.1, 0.15) is 52.6 Å². The highest BCUT2D eigenvalue weighted by atomic mass is 32.1. The lowest BCUT2D eigenvalue weighted by Crippen LogP contribution is -2.13. The molecule has 1 amide bonds. The average Bonchev–Trinajstić information content (AvgIpc) is 2.75. The molecule has 7 heteroatoms. The molecule has 20 heavy (non-hydrogen) atoms. The second-order valence-electron chi connectivity index (χ2n) is 4.39. The van der Waals surface area contributed by atoms with Gasteiger partial charge < -0.3 is 21.5 Å². The van der Waals surface area contributed by atoms with E-state index in [9.17, 15) is 9.59 Å². The SMILES string of the molecule is CCCCCCNc1sc(C(N)=O)c(N)c1C(=O)OC. The van der Waals surface area contributed by atoms with Gasteiger partial charge in [0.2, 0.25) is 0 Å². The number of carbonyl (C=O) groups excluding carboxylic acids is 2. The molecule has 1 rings (SSSR count). The minimum Gasteiger partial charge on any atom is -0.465 e. The molecular formula is C13H21N3O3S. The number of anilines is 2. The summed E-state index contributed by atoms with van der Waals surface area (Å²) in [6.45, 7) is 2.85. The van der Waals surface area contributed by atoms with Gasteiger partial charge in [0.1, 0.15) is 15.4 Å². The van der Waals surface area contributed by atoms with Crippen LogP contribution in [-0.2, 0) is 4.74 Å². The lowest BCUT2D eigenvalue weighted by atomic mass is 10.2. The van der Waals surface area contributed by atoms with Crippen molar-refractivity contribution in [1.82, 2.24) is 0 Å². The molecule has 0 atom stereocenters. The van der Waals surface area contributed by atoms with Crippen LogP contribution in [0.2, 0.25) is 0 Å². The smallest absolute Gasteiger partial charge is 0.343 e. The molecule has 1 heterocycles. The molecule has 0 aromatic carbocycles. The first-order valence-electron chi connectivity index (χ1n) is 6.57. The van der Waals surface area contributed by atoms with Crippen LogP contribution in [0.5, 0.6) is 0 Å². The number of unbranched alkanes of at least 4 members (excludes halogenated alkanes) is 3. The zero-order valence-corrected chi connectivity index (χ0v) is 12.6. The highest BCUT2D eigenvalue weighted by Crippen LogP contribution is 2.35. The predicted octanol–water partition coefficient (Wildman–Crippen LogP) is 2.21. The number of nitrogens with two attached hydrogens (primary N) is 2. The van der Waals surface area contributed by atoms with Gasteiger partial charge in [0.25, 0.3) is 5.91 Å². The summed E-state index contributed by atoms with van der Waals surface area (Å²) in [4.78, 5) is 23.2. The summed E-state index contributed by atoms with van der Waals surface area (Å²) in [6, 6.07) is 0. The monoisotopic (exact) mass is 299 g/mol. The van der Waals surface area contributed by atoms with Gasteiger partial charge in [-0.2, -0.15) is 0 Å². The van der Waals surface area contributed by atoms with E-state index in [-0.39, 0.29) is 16.1 Å². The number of carbonyl (C=O) groups is 2. The maximum atomic E-state index is 11.7. The van der Waals surface area contributed by atoms with E-state index in [0.717, 1.165) is 30.6 Å². The third-order valence-electron chi connectivity index (χ3n) is 2.87. The van der Waals surface area contributed by atoms with Gasteiger partial charge in [-0.05, 0) is 6.42 Å². The summed E-state index contributed by atoms with van der Waals surface area (Å²) in [6.07, 6.45) is 4.43. The van der Waals surface area contributed by atoms with Crippen molar-refractivity contribution in [1.29, 1.82) is 0 Å². The van der Waals surface area contributed by atoms with Crippen LogP contribution in [0.25, 0.3) is 0 Å². The third kappa shape index (κ3) is 3.86. The number of rotatable bonds is 8. The zero-order valence-electron chi connectivity index (χ0n) is 11.8. The van der Waals surface area contributed by atoms with Crippen LogP contribution >= 0.6 is 11.3 Å². The van der Waals surface area contributed by atoms with Crippen molar-refractivity contribution >= 4 is 33.9 Å². The Kier molecular flexibility index (Phi) is 6.30. The van der Waals surface area contributed by atoms with Crippen molar-refractivity contribution in [2.75, 3.05) is 24.7 Å². The second-order valence-corrected chi connectivity index (χ2v) is 5.41. The van der Waals surface area contributed by atoms with Crippen LogP contribution in [0, 0.1) is 0 Å². The van der Waals surface area contributed by atoms with Gasteiger partial charge in [-0.1, -0.05) is 26.2 Å². The summed E-state index contributed by atoms with van der Waals surface area (Å²) in [7, 11) is 1.27. The summed E-state index contributed by atoms with van der Waals surface area (Å²) in [5.41, 5.74) is 11.3. The first-order valence-corrected chi connectivity index (χ1v) is 7.38. The van der Waals surface area contributed by atoms with Crippen molar-refractivity contribution < 1.29 is 14.3 Å². The molecule has 112 valence electrons. The van der Waals surface area contributed by atoms with Gasteiger partial charge in [-0.15, -0.1) is 11.3 Å². The Hall–Kier alpha value is -1.76. The number of hydrogen-bond donors (Lipinski definition) is 3. The average molecular weight is 299 g/mol. The van der Waals surface area contributed by atoms with Crippen molar-refractivity contribution in [2.45, 2.75) is 32.6 Å². The molecule has 0 unspecified atom stereocenters. The normalized spacial score (nSPS) is 10.3. The van der Waals surface area contributed by atoms with E-state index in [1.54, 1.807) is 0 Å². The second kappa shape index (κ2) is 7.74. The fraction of sp³-hybridized carbons (Fsp3) is 0.538. The van der Waals surface area contributed by atoms with Crippen molar-refractivity contribution in [2.24, 2.45) is 5.73 Å². The predicted molar refractivity (Wildman–Crippen MR) is 81.2 cm³/mol. The van der Waals surface area contributed by atoms with Gasteiger partial charge in [0.05, 0.1) is 12.8 Å². The van der Waals surface area contributed by atoms with Gasteiger partial charge in [-0.3, -0.25) is 4.79 Å². The van der Waals surface area contributed by atoms with E-state index in [4.69, 9.17) is 16.2 Å². The molecule has 1 aromatic heterocycles. The molecule has 0 radical (unpaired) electrons. The Bertz CT molecular complexity index is 485. The van der Waals surface area contributed by atoms with Crippen molar-refractivity contribution in [3.05, 3.63) is 10.4 Å². The zero-order chi connectivity index (χ0) is 15.1. The van der Waals surface area contributed by atoms with E-state index in [2.05, 4.69) is 12.2 Å². The number of nitrogens with one attached hydrogen (secondary N) is 1. The first-order chi connectivity index (χ1) is 9.52. The summed E-state index contributed by atoms with van der Waals surface area (Å²) < 4.78 is 4.69. The molecule has 1 aromatic rings. The Morgan fingerprint density at radius 3 is 2.55 bits per heavy atom. The van der Waals surface area contributed by atoms with Gasteiger partial charge in [-0.25, -0.2) is 4.79 Å². The topological polar surface area (TPSA) is 107 Å². The largest absolute Gasteiger partial charge is 0.465 e. The number of thiophene rings is 1. The minimum atomic E-state index is -0.642. The van der Waals surface area contributed by atoms with Crippen molar-refractivity contribution in [3.8, 4) is 0 Å². The van der Waals surface area contributed by atoms with E-state index < -0.39 is 11.9 Å². The van der Waals surface area contributed by atoms with E-state index in [0.29, 0.717) is 11.5 Å². The highest BCUT2D eigenvalue weighted by Gasteiger charge is 2.24. The standard InChI is InChI=1S/C13H21N3O3S/c1-3-4-5-6-7-16-12-8(13(18)19-2)9(14)10(20-12)11(15)17/h16H,3-7,14H2,1-2H3,(H2,15,17). The Morgan fingerprint density at radius 2 is 2.00 bits per heavy atom. The van der Waals surface area contributed by atoms with Gasteiger partial charge in [0, 0.05) is 6.54 Å². The Morgan fingerprint density at radius 1 is 1.30 bits per heavy atom. The van der Waals surface area contributed by atoms with E-state index in [1.807, 2.05) is 0 Å². The van der Waals surface area contributed by atoms with Crippen LogP contribution < -0.4 is 16.8 Å². The lowest BCUT2D eigenvalue weighted by molar-refractivity contribution is 0.0603. The van der Waals surface area contributed by atoms with Crippen LogP contribution in [-0.4, -0.2) is 25.5 Å². The number of methoxy groups -OCH3 is 1. The number of nitrogen functional groups attached to an aromatic ring is 1. The number of esters is 1. The van der Waals surface area contributed by atoms with Crippen LogP contribution in [0.15, 0.2) is 0 Å². The first kappa shape index (κ1) is 16.3. The van der Waals surface area contributed by atoms with E-state index >= 15 is 0 Å². The molecule has 0 saturated heterocycles. The maximum absolute atomic E-state index is 11.7. The van der Waals surface area contributed by atoms with Crippen LogP contribution in [0.4, 0.5) is 10.7 Å². The lowest BCUT2D eigenvalue weighted by Gasteiger charge is -2.06.